The third kappa shape index (κ3) is 8.27. The molecule has 4 rings (SSSR count). The highest BCUT2D eigenvalue weighted by Crippen LogP contribution is 2.35. The quantitative estimate of drug-likeness (QED) is 0.134. The van der Waals surface area contributed by atoms with Crippen molar-refractivity contribution in [2.24, 2.45) is 0 Å². The van der Waals surface area contributed by atoms with Crippen LogP contribution in [-0.4, -0.2) is 59.7 Å². The average molecular weight is 625 g/mol. The van der Waals surface area contributed by atoms with Gasteiger partial charge in [0.05, 0.1) is 16.4 Å². The number of nitrogens with zero attached hydrogens (tertiary/aromatic N) is 3. The van der Waals surface area contributed by atoms with Gasteiger partial charge in [0, 0.05) is 53.2 Å². The maximum Gasteiger partial charge on any atom is 0.293 e. The standard InChI is InChI=1S/C30H29ClN4O7S/c1-3-33(4-2)23-11-8-20(26(18-23)42-19-28(36)32-22-6-5-7-24(17-22)35(39)40)16-27-29(37)34(30(38)43-27)14-15-41-25-12-9-21(31)10-13-25/h5-13,16-18H,3-4,14-15,19H2,1-2H3,(H,32,36)/b27-16-. The summed E-state index contributed by atoms with van der Waals surface area (Å²) >= 11 is 6.70. The van der Waals surface area contributed by atoms with Gasteiger partial charge in [-0.05, 0) is 74.1 Å². The van der Waals surface area contributed by atoms with E-state index in [1.165, 1.54) is 24.3 Å². The number of non-ortho nitro benzene ring substituents is 1. The van der Waals surface area contributed by atoms with Crippen molar-refractivity contribution >= 4 is 63.6 Å². The van der Waals surface area contributed by atoms with Crippen LogP contribution in [0.25, 0.3) is 6.08 Å². The van der Waals surface area contributed by atoms with E-state index in [0.717, 1.165) is 35.4 Å². The number of carbonyl (C=O) groups excluding carboxylic acids is 3. The van der Waals surface area contributed by atoms with Gasteiger partial charge in [-0.1, -0.05) is 17.7 Å². The first-order valence-electron chi connectivity index (χ1n) is 13.4. The highest BCUT2D eigenvalue weighted by Gasteiger charge is 2.35. The minimum atomic E-state index is -0.550. The molecule has 3 amide bonds. The summed E-state index contributed by atoms with van der Waals surface area (Å²) in [4.78, 5) is 52.3. The molecular formula is C30H29ClN4O7S. The second-order valence-electron chi connectivity index (χ2n) is 9.17. The first kappa shape index (κ1) is 31.4. The van der Waals surface area contributed by atoms with E-state index < -0.39 is 28.6 Å². The van der Waals surface area contributed by atoms with E-state index in [0.29, 0.717) is 22.1 Å². The normalized spacial score (nSPS) is 13.7. The van der Waals surface area contributed by atoms with Gasteiger partial charge in [-0.15, -0.1) is 0 Å². The third-order valence-electron chi connectivity index (χ3n) is 6.38. The van der Waals surface area contributed by atoms with Crippen LogP contribution in [0.1, 0.15) is 19.4 Å². The summed E-state index contributed by atoms with van der Waals surface area (Å²) in [6, 6.07) is 17.7. The predicted molar refractivity (Wildman–Crippen MR) is 167 cm³/mol. The zero-order valence-electron chi connectivity index (χ0n) is 23.4. The summed E-state index contributed by atoms with van der Waals surface area (Å²) in [5.41, 5.74) is 1.46. The summed E-state index contributed by atoms with van der Waals surface area (Å²) in [5, 5.41) is 13.8. The number of benzene rings is 3. The number of hydrogen-bond acceptors (Lipinski definition) is 9. The van der Waals surface area contributed by atoms with Gasteiger partial charge in [-0.3, -0.25) is 29.4 Å². The number of carbonyl (C=O) groups is 3. The molecule has 0 spiro atoms. The van der Waals surface area contributed by atoms with E-state index in [1.807, 2.05) is 19.9 Å². The van der Waals surface area contributed by atoms with Gasteiger partial charge < -0.3 is 19.7 Å². The molecule has 43 heavy (non-hydrogen) atoms. The molecule has 0 saturated carbocycles. The van der Waals surface area contributed by atoms with E-state index >= 15 is 0 Å². The number of anilines is 2. The minimum Gasteiger partial charge on any atom is -0.492 e. The van der Waals surface area contributed by atoms with Gasteiger partial charge in [-0.25, -0.2) is 0 Å². The Hall–Kier alpha value is -4.55. The second-order valence-corrected chi connectivity index (χ2v) is 10.6. The summed E-state index contributed by atoms with van der Waals surface area (Å²) in [6.45, 7) is 5.27. The number of nitro benzene ring substituents is 1. The van der Waals surface area contributed by atoms with Crippen LogP contribution in [0.15, 0.2) is 71.6 Å². The van der Waals surface area contributed by atoms with E-state index in [-0.39, 0.29) is 29.4 Å². The van der Waals surface area contributed by atoms with Crippen LogP contribution in [0.2, 0.25) is 5.02 Å². The van der Waals surface area contributed by atoms with Crippen LogP contribution in [-0.2, 0) is 9.59 Å². The molecule has 1 saturated heterocycles. The minimum absolute atomic E-state index is 0.0622. The van der Waals surface area contributed by atoms with Gasteiger partial charge in [0.25, 0.3) is 22.7 Å². The van der Waals surface area contributed by atoms with E-state index in [4.69, 9.17) is 21.1 Å². The number of hydrogen-bond donors (Lipinski definition) is 1. The zero-order chi connectivity index (χ0) is 30.9. The number of amides is 3. The van der Waals surface area contributed by atoms with Gasteiger partial charge >= 0.3 is 0 Å². The van der Waals surface area contributed by atoms with Crippen LogP contribution in [0.5, 0.6) is 11.5 Å². The van der Waals surface area contributed by atoms with Crippen LogP contribution >= 0.6 is 23.4 Å². The fraction of sp³-hybridized carbons (Fsp3) is 0.233. The zero-order valence-corrected chi connectivity index (χ0v) is 25.0. The second kappa shape index (κ2) is 14.6. The Labute approximate surface area is 257 Å². The molecule has 3 aromatic rings. The van der Waals surface area contributed by atoms with Crippen molar-refractivity contribution in [2.45, 2.75) is 13.8 Å². The average Bonchev–Trinajstić information content (AvgIpc) is 3.26. The molecule has 1 N–H and O–H groups in total. The molecular weight excluding hydrogens is 596 g/mol. The van der Waals surface area contributed by atoms with Crippen LogP contribution in [0.3, 0.4) is 0 Å². The number of nitro groups is 1. The SMILES string of the molecule is CCN(CC)c1ccc(/C=C2\SC(=O)N(CCOc3ccc(Cl)cc3)C2=O)c(OCC(=O)Nc2cccc([N+](=O)[O-])c2)c1. The number of rotatable bonds is 13. The molecule has 1 fully saturated rings. The lowest BCUT2D eigenvalue weighted by atomic mass is 10.1. The van der Waals surface area contributed by atoms with Crippen molar-refractivity contribution in [1.29, 1.82) is 0 Å². The number of halogens is 1. The van der Waals surface area contributed by atoms with Gasteiger partial charge in [0.15, 0.2) is 6.61 Å². The van der Waals surface area contributed by atoms with Crippen LogP contribution in [0.4, 0.5) is 21.9 Å². The Bertz CT molecular complexity index is 1540. The number of thioether (sulfide) groups is 1. The molecule has 224 valence electrons. The Balaban J connectivity index is 1.48. The number of imide groups is 1. The Morgan fingerprint density at radius 3 is 2.51 bits per heavy atom. The van der Waals surface area contributed by atoms with Crippen molar-refractivity contribution in [2.75, 3.05) is 43.1 Å². The summed E-state index contributed by atoms with van der Waals surface area (Å²) < 4.78 is 11.5. The molecule has 1 aliphatic rings. The van der Waals surface area contributed by atoms with Crippen molar-refractivity contribution in [3.05, 3.63) is 92.3 Å². The summed E-state index contributed by atoms with van der Waals surface area (Å²) in [6.07, 6.45) is 1.56. The van der Waals surface area contributed by atoms with Gasteiger partial charge in [0.2, 0.25) is 0 Å². The fourth-order valence-electron chi connectivity index (χ4n) is 4.21. The predicted octanol–water partition coefficient (Wildman–Crippen LogP) is 6.23. The lowest BCUT2D eigenvalue weighted by Crippen LogP contribution is -2.32. The monoisotopic (exact) mass is 624 g/mol. The molecule has 0 radical (unpaired) electrons. The Morgan fingerprint density at radius 1 is 1.07 bits per heavy atom. The summed E-state index contributed by atoms with van der Waals surface area (Å²) in [7, 11) is 0. The molecule has 3 aromatic carbocycles. The maximum atomic E-state index is 13.1. The molecule has 1 aliphatic heterocycles. The lowest BCUT2D eigenvalue weighted by Gasteiger charge is -2.22. The molecule has 0 aromatic heterocycles. The molecule has 13 heteroatoms. The van der Waals surface area contributed by atoms with Crippen molar-refractivity contribution in [3.8, 4) is 11.5 Å². The largest absolute Gasteiger partial charge is 0.492 e. The lowest BCUT2D eigenvalue weighted by molar-refractivity contribution is -0.384. The molecule has 0 atom stereocenters. The Morgan fingerprint density at radius 2 is 1.81 bits per heavy atom. The molecule has 0 bridgehead atoms. The topological polar surface area (TPSA) is 131 Å². The van der Waals surface area contributed by atoms with Crippen LogP contribution < -0.4 is 19.7 Å². The van der Waals surface area contributed by atoms with E-state index in [1.54, 1.807) is 42.5 Å². The molecule has 0 aliphatic carbocycles. The maximum absolute atomic E-state index is 13.1. The van der Waals surface area contributed by atoms with Gasteiger partial charge in [-0.2, -0.15) is 0 Å². The molecule has 0 unspecified atom stereocenters. The third-order valence-corrected chi connectivity index (χ3v) is 7.54. The number of nitrogens with one attached hydrogen (secondary N) is 1. The van der Waals surface area contributed by atoms with E-state index in [9.17, 15) is 24.5 Å². The van der Waals surface area contributed by atoms with Crippen molar-refractivity contribution in [1.82, 2.24) is 4.90 Å². The first-order valence-corrected chi connectivity index (χ1v) is 14.6. The van der Waals surface area contributed by atoms with Gasteiger partial charge in [0.1, 0.15) is 18.1 Å². The molecule has 11 nitrogen and oxygen atoms in total. The first-order chi connectivity index (χ1) is 20.7. The fourth-order valence-corrected chi connectivity index (χ4v) is 5.19. The van der Waals surface area contributed by atoms with Crippen molar-refractivity contribution < 1.29 is 28.8 Å². The highest BCUT2D eigenvalue weighted by molar-refractivity contribution is 8.18. The van der Waals surface area contributed by atoms with E-state index in [2.05, 4.69) is 10.2 Å². The smallest absolute Gasteiger partial charge is 0.293 e. The number of ether oxygens (including phenoxy) is 2. The molecule has 1 heterocycles. The highest BCUT2D eigenvalue weighted by atomic mass is 35.5. The Kier molecular flexibility index (Phi) is 10.6. The van der Waals surface area contributed by atoms with Crippen LogP contribution in [0, 0.1) is 10.1 Å². The van der Waals surface area contributed by atoms with Crippen molar-refractivity contribution in [3.63, 3.8) is 0 Å². The summed E-state index contributed by atoms with van der Waals surface area (Å²) in [5.74, 6) is -0.0921.